The van der Waals surface area contributed by atoms with Gasteiger partial charge >= 0.3 is 0 Å². The average Bonchev–Trinajstić information content (AvgIpc) is 2.30. The highest BCUT2D eigenvalue weighted by molar-refractivity contribution is 14.1. The zero-order valence-electron chi connectivity index (χ0n) is 10.4. The van der Waals surface area contributed by atoms with Gasteiger partial charge in [-0.1, -0.05) is 0 Å². The fourth-order valence-electron chi connectivity index (χ4n) is 1.87. The van der Waals surface area contributed by atoms with E-state index in [-0.39, 0.29) is 5.78 Å². The predicted octanol–water partition coefficient (Wildman–Crippen LogP) is 0.576. The van der Waals surface area contributed by atoms with E-state index in [0.29, 0.717) is 19.8 Å². The van der Waals surface area contributed by atoms with Crippen LogP contribution in [0.4, 0.5) is 0 Å². The molecule has 0 aromatic rings. The Morgan fingerprint density at radius 3 is 2.35 bits per heavy atom. The number of rotatable bonds is 8. The monoisotopic (exact) mass is 356 g/mol. The topological polar surface area (TPSA) is 42.0 Å². The van der Waals surface area contributed by atoms with Crippen LogP contribution in [0.25, 0.3) is 0 Å². The molecule has 1 aliphatic rings. The first kappa shape index (κ1) is 15.3. The number of carbonyl (C=O) groups is 1. The second-order valence-electron chi connectivity index (χ2n) is 4.25. The number of halogens is 1. The van der Waals surface area contributed by atoms with Crippen molar-refractivity contribution in [1.29, 1.82) is 0 Å². The summed E-state index contributed by atoms with van der Waals surface area (Å²) in [5.41, 5.74) is 0. The zero-order valence-corrected chi connectivity index (χ0v) is 12.5. The smallest absolute Gasteiger partial charge is 0.143 e. The molecule has 1 rings (SSSR count). The number of ether oxygens (including phenoxy) is 1. The Hall–Kier alpha value is 0.240. The Labute approximate surface area is 117 Å². The molecule has 1 saturated heterocycles. The molecule has 0 spiro atoms. The maximum atomic E-state index is 11.0. The van der Waals surface area contributed by atoms with Gasteiger partial charge in [-0.15, -0.1) is 0 Å². The summed E-state index contributed by atoms with van der Waals surface area (Å²) < 4.78 is 10.3. The highest BCUT2D eigenvalue weighted by atomic mass is 127. The molecule has 0 saturated carbocycles. The van der Waals surface area contributed by atoms with Crippen LogP contribution in [-0.2, 0) is 12.6 Å². The minimum atomic E-state index is 0.251. The van der Waals surface area contributed by atoms with Crippen molar-refractivity contribution in [2.75, 3.05) is 59.1 Å². The molecule has 0 aromatic heterocycles. The molecule has 0 unspecified atom stereocenters. The molecule has 0 N–H and O–H groups in total. The first-order valence-electron chi connectivity index (χ1n) is 5.98. The summed E-state index contributed by atoms with van der Waals surface area (Å²) in [6.07, 6.45) is 0. The van der Waals surface area contributed by atoms with Gasteiger partial charge in [-0.2, -0.15) is 0 Å². The van der Waals surface area contributed by atoms with Crippen LogP contribution in [0.2, 0.25) is 0 Å². The molecular formula is C11H21IN2O3. The minimum absolute atomic E-state index is 0.251. The van der Waals surface area contributed by atoms with Crippen molar-refractivity contribution >= 4 is 28.8 Å². The van der Waals surface area contributed by atoms with Gasteiger partial charge in [0.25, 0.3) is 0 Å². The molecule has 0 atom stereocenters. The van der Waals surface area contributed by atoms with Crippen LogP contribution in [0.1, 0.15) is 6.92 Å². The maximum absolute atomic E-state index is 11.0. The summed E-state index contributed by atoms with van der Waals surface area (Å²) in [5, 5.41) is 0. The third kappa shape index (κ3) is 7.30. The second-order valence-corrected chi connectivity index (χ2v) is 4.87. The van der Waals surface area contributed by atoms with Gasteiger partial charge in [-0.3, -0.25) is 14.6 Å². The summed E-state index contributed by atoms with van der Waals surface area (Å²) in [6.45, 7) is 9.29. The number of hydrogen-bond acceptors (Lipinski definition) is 5. The lowest BCUT2D eigenvalue weighted by Crippen LogP contribution is -2.48. The van der Waals surface area contributed by atoms with Crippen LogP contribution in [-0.4, -0.2) is 74.7 Å². The molecular weight excluding hydrogens is 335 g/mol. The Kier molecular flexibility index (Phi) is 8.29. The van der Waals surface area contributed by atoms with Crippen LogP contribution in [0.3, 0.4) is 0 Å². The van der Waals surface area contributed by atoms with Crippen molar-refractivity contribution in [1.82, 2.24) is 9.80 Å². The summed E-state index contributed by atoms with van der Waals surface area (Å²) in [7, 11) is 0. The molecule has 0 bridgehead atoms. The van der Waals surface area contributed by atoms with Gasteiger partial charge in [0.15, 0.2) is 0 Å². The van der Waals surface area contributed by atoms with Crippen LogP contribution in [0, 0.1) is 0 Å². The van der Waals surface area contributed by atoms with Crippen LogP contribution < -0.4 is 0 Å². The van der Waals surface area contributed by atoms with Crippen molar-refractivity contribution in [2.24, 2.45) is 0 Å². The van der Waals surface area contributed by atoms with E-state index < -0.39 is 0 Å². The van der Waals surface area contributed by atoms with Crippen LogP contribution in [0.5, 0.6) is 0 Å². The van der Waals surface area contributed by atoms with Gasteiger partial charge in [0.2, 0.25) is 0 Å². The molecule has 0 aromatic carbocycles. The number of carbonyl (C=O) groups excluding carboxylic acids is 1. The number of Topliss-reactive ketones (excluding diaryl/α,β-unsaturated/α-hetero) is 1. The Bertz CT molecular complexity index is 221. The second kappa shape index (κ2) is 9.21. The Morgan fingerprint density at radius 2 is 1.76 bits per heavy atom. The first-order valence-corrected chi connectivity index (χ1v) is 6.86. The molecule has 0 radical (unpaired) electrons. The van der Waals surface area contributed by atoms with Crippen molar-refractivity contribution < 1.29 is 12.6 Å². The molecule has 5 nitrogen and oxygen atoms in total. The van der Waals surface area contributed by atoms with Gasteiger partial charge in [-0.05, 0) is 6.92 Å². The van der Waals surface area contributed by atoms with E-state index >= 15 is 0 Å². The number of piperazine rings is 1. The molecule has 1 heterocycles. The van der Waals surface area contributed by atoms with Gasteiger partial charge in [0, 0.05) is 32.7 Å². The van der Waals surface area contributed by atoms with Gasteiger partial charge in [-0.25, -0.2) is 0 Å². The number of ketones is 1. The highest BCUT2D eigenvalue weighted by Crippen LogP contribution is 2.01. The van der Waals surface area contributed by atoms with Crippen molar-refractivity contribution in [3.63, 3.8) is 0 Å². The summed E-state index contributed by atoms with van der Waals surface area (Å²) in [5.74, 6) is 0.251. The van der Waals surface area contributed by atoms with Crippen LogP contribution in [0.15, 0.2) is 0 Å². The number of nitrogens with zero attached hydrogens (tertiary/aromatic N) is 2. The first-order chi connectivity index (χ1) is 8.22. The van der Waals surface area contributed by atoms with Crippen molar-refractivity contribution in [3.05, 3.63) is 0 Å². The Balaban J connectivity index is 2.01. The van der Waals surface area contributed by atoms with E-state index in [1.54, 1.807) is 6.92 Å². The van der Waals surface area contributed by atoms with E-state index in [9.17, 15) is 4.79 Å². The van der Waals surface area contributed by atoms with E-state index in [4.69, 9.17) is 7.80 Å². The van der Waals surface area contributed by atoms with E-state index in [1.807, 2.05) is 23.0 Å². The van der Waals surface area contributed by atoms with E-state index in [1.165, 1.54) is 0 Å². The van der Waals surface area contributed by atoms with Gasteiger partial charge in [0.05, 0.1) is 26.4 Å². The molecule has 1 fully saturated rings. The molecule has 1 aliphatic heterocycles. The lowest BCUT2D eigenvalue weighted by molar-refractivity contribution is -0.118. The maximum Gasteiger partial charge on any atom is 0.143 e. The third-order valence-corrected chi connectivity index (χ3v) is 3.21. The lowest BCUT2D eigenvalue weighted by Gasteiger charge is -2.33. The van der Waals surface area contributed by atoms with Gasteiger partial charge < -0.3 is 7.80 Å². The molecule has 0 aliphatic carbocycles. The standard InChI is InChI=1S/C11H21IN2O3/c1-11(15)10-14-4-2-13(3-5-14)6-7-16-8-9-17-12/h2-10H2,1H3. The largest absolute Gasteiger partial charge is 0.378 e. The van der Waals surface area contributed by atoms with Gasteiger partial charge in [0.1, 0.15) is 28.8 Å². The fourth-order valence-corrected chi connectivity index (χ4v) is 2.05. The molecule has 0 amide bonds. The normalized spacial score (nSPS) is 18.5. The molecule has 100 valence electrons. The lowest BCUT2D eigenvalue weighted by atomic mass is 10.3. The molecule has 17 heavy (non-hydrogen) atoms. The fraction of sp³-hybridized carbons (Fsp3) is 0.909. The van der Waals surface area contributed by atoms with Crippen molar-refractivity contribution in [2.45, 2.75) is 6.92 Å². The average molecular weight is 356 g/mol. The van der Waals surface area contributed by atoms with E-state index in [0.717, 1.165) is 39.3 Å². The minimum Gasteiger partial charge on any atom is -0.378 e. The summed E-state index contributed by atoms with van der Waals surface area (Å²) >= 11 is 1.87. The quantitative estimate of drug-likeness (QED) is 0.470. The van der Waals surface area contributed by atoms with Crippen LogP contribution >= 0.6 is 23.0 Å². The highest BCUT2D eigenvalue weighted by Gasteiger charge is 2.16. The predicted molar refractivity (Wildman–Crippen MR) is 74.4 cm³/mol. The van der Waals surface area contributed by atoms with Crippen molar-refractivity contribution in [3.8, 4) is 0 Å². The SMILES string of the molecule is CC(=O)CN1CCN(CCOCCOI)CC1. The molecule has 6 heteroatoms. The third-order valence-electron chi connectivity index (χ3n) is 2.77. The zero-order chi connectivity index (χ0) is 12.5. The summed E-state index contributed by atoms with van der Waals surface area (Å²) in [4.78, 5) is 15.6. The Morgan fingerprint density at radius 1 is 1.12 bits per heavy atom. The summed E-state index contributed by atoms with van der Waals surface area (Å²) in [6, 6.07) is 0. The number of hydrogen-bond donors (Lipinski definition) is 0. The van der Waals surface area contributed by atoms with E-state index in [2.05, 4.69) is 9.80 Å².